The van der Waals surface area contributed by atoms with Gasteiger partial charge in [0.15, 0.2) is 0 Å². The molecule has 0 amide bonds. The number of aliphatic imine (C=N–C) groups is 1. The Morgan fingerprint density at radius 1 is 1.27 bits per heavy atom. The predicted molar refractivity (Wildman–Crippen MR) is 112 cm³/mol. The van der Waals surface area contributed by atoms with Crippen molar-refractivity contribution in [2.45, 2.75) is 31.8 Å². The average Bonchev–Trinajstić information content (AvgIpc) is 2.66. The zero-order valence-electron chi connectivity index (χ0n) is 15.7. The number of nitrogens with one attached hydrogen (secondary N) is 1. The van der Waals surface area contributed by atoms with E-state index in [1.54, 1.807) is 12.3 Å². The van der Waals surface area contributed by atoms with Gasteiger partial charge < -0.3 is 11.1 Å². The second kappa shape index (κ2) is 11.6. The lowest BCUT2D eigenvalue weighted by Crippen LogP contribution is -2.46. The molecule has 140 valence electrons. The monoisotopic (exact) mass is 352 g/mol. The zero-order chi connectivity index (χ0) is 18.6. The van der Waals surface area contributed by atoms with Crippen LogP contribution in [0.25, 0.3) is 0 Å². The van der Waals surface area contributed by atoms with E-state index < -0.39 is 0 Å². The van der Waals surface area contributed by atoms with Crippen LogP contribution in [0.1, 0.15) is 24.0 Å². The lowest BCUT2D eigenvalue weighted by atomic mass is 9.95. The van der Waals surface area contributed by atoms with Crippen LogP contribution in [-0.4, -0.2) is 42.8 Å². The molecule has 1 aliphatic rings. The number of hydrogen-bond donors (Lipinski definition) is 2. The lowest BCUT2D eigenvalue weighted by molar-refractivity contribution is 0.259. The van der Waals surface area contributed by atoms with Crippen molar-refractivity contribution in [2.24, 2.45) is 10.7 Å². The Morgan fingerprint density at radius 2 is 2.08 bits per heavy atom. The molecule has 4 nitrogen and oxygen atoms in total. The van der Waals surface area contributed by atoms with Gasteiger partial charge >= 0.3 is 0 Å². The summed E-state index contributed by atoms with van der Waals surface area (Å²) in [4.78, 5) is 6.89. The zero-order valence-corrected chi connectivity index (χ0v) is 15.7. The van der Waals surface area contributed by atoms with Crippen LogP contribution in [0, 0.1) is 0 Å². The third-order valence-corrected chi connectivity index (χ3v) is 4.64. The van der Waals surface area contributed by atoms with Crippen molar-refractivity contribution in [1.82, 2.24) is 10.2 Å². The highest BCUT2D eigenvalue weighted by Crippen LogP contribution is 2.17. The van der Waals surface area contributed by atoms with E-state index in [-0.39, 0.29) is 0 Å². The fourth-order valence-electron chi connectivity index (χ4n) is 3.34. The Balaban J connectivity index is 2.02. The van der Waals surface area contributed by atoms with Gasteiger partial charge in [0.1, 0.15) is 0 Å². The molecular weight excluding hydrogens is 320 g/mol. The number of rotatable bonds is 11. The van der Waals surface area contributed by atoms with Gasteiger partial charge in [0.2, 0.25) is 0 Å². The number of allylic oxidation sites excluding steroid dienone is 2. The molecule has 3 N–H and O–H groups in total. The maximum atomic E-state index is 5.68. The maximum absolute atomic E-state index is 5.68. The summed E-state index contributed by atoms with van der Waals surface area (Å²) in [5.74, 6) is 0. The van der Waals surface area contributed by atoms with Crippen LogP contribution in [0.3, 0.4) is 0 Å². The van der Waals surface area contributed by atoms with Crippen molar-refractivity contribution in [2.75, 3.05) is 26.2 Å². The van der Waals surface area contributed by atoms with Crippen molar-refractivity contribution in [1.29, 1.82) is 0 Å². The first-order chi connectivity index (χ1) is 12.8. The smallest absolute Gasteiger partial charge is 0.0543 e. The summed E-state index contributed by atoms with van der Waals surface area (Å²) in [6.45, 7) is 12.0. The molecule has 0 unspecified atom stereocenters. The van der Waals surface area contributed by atoms with E-state index in [1.807, 2.05) is 12.2 Å². The summed E-state index contributed by atoms with van der Waals surface area (Å²) in [5, 5.41) is 3.68. The van der Waals surface area contributed by atoms with Gasteiger partial charge in [-0.05, 0) is 49.6 Å². The Bertz CT molecular complexity index is 633. The van der Waals surface area contributed by atoms with Crippen LogP contribution < -0.4 is 11.1 Å². The molecule has 0 spiro atoms. The SMILES string of the molecule is C=C/C=C\C(CN(CCCCN)C[C@H]1Cc2ccccc2CN1)=NC=C. The van der Waals surface area contributed by atoms with Crippen molar-refractivity contribution in [3.05, 3.63) is 73.0 Å². The second-order valence-electron chi connectivity index (χ2n) is 6.68. The summed E-state index contributed by atoms with van der Waals surface area (Å²) < 4.78 is 0. The number of fused-ring (bicyclic) bond motifs is 1. The average molecular weight is 353 g/mol. The molecule has 1 aromatic carbocycles. The number of hydrogen-bond acceptors (Lipinski definition) is 4. The highest BCUT2D eigenvalue weighted by Gasteiger charge is 2.20. The van der Waals surface area contributed by atoms with Gasteiger partial charge in [-0.3, -0.25) is 9.89 Å². The number of nitrogens with two attached hydrogens (primary N) is 1. The summed E-state index contributed by atoms with van der Waals surface area (Å²) in [6.07, 6.45) is 10.5. The van der Waals surface area contributed by atoms with E-state index in [9.17, 15) is 0 Å². The fourth-order valence-corrected chi connectivity index (χ4v) is 3.34. The predicted octanol–water partition coefficient (Wildman–Crippen LogP) is 3.07. The maximum Gasteiger partial charge on any atom is 0.0543 e. The minimum Gasteiger partial charge on any atom is -0.330 e. The minimum absolute atomic E-state index is 0.455. The highest BCUT2D eigenvalue weighted by atomic mass is 15.2. The first kappa shape index (κ1) is 20.3. The Labute approximate surface area is 158 Å². The van der Waals surface area contributed by atoms with Gasteiger partial charge in [0.25, 0.3) is 0 Å². The van der Waals surface area contributed by atoms with E-state index in [4.69, 9.17) is 5.73 Å². The standard InChI is InChI=1S/C22H32N4/c1-3-5-12-21(24-4-2)17-26(14-9-8-13-23)18-22-15-19-10-6-7-11-20(19)16-25-22/h3-7,10-12,22,25H,1-2,8-9,13-18,23H2/b12-5-,24-21?/t22-/m1/s1. The van der Waals surface area contributed by atoms with E-state index >= 15 is 0 Å². The second-order valence-corrected chi connectivity index (χ2v) is 6.68. The van der Waals surface area contributed by atoms with E-state index in [0.29, 0.717) is 6.04 Å². The van der Waals surface area contributed by atoms with Gasteiger partial charge in [-0.1, -0.05) is 49.6 Å². The third-order valence-electron chi connectivity index (χ3n) is 4.64. The van der Waals surface area contributed by atoms with Gasteiger partial charge in [-0.15, -0.1) is 0 Å². The summed E-state index contributed by atoms with van der Waals surface area (Å²) >= 11 is 0. The van der Waals surface area contributed by atoms with Gasteiger partial charge in [-0.2, -0.15) is 0 Å². The molecule has 0 aromatic heterocycles. The molecule has 1 aliphatic heterocycles. The quantitative estimate of drug-likeness (QED) is 0.366. The molecule has 0 saturated heterocycles. The molecule has 1 heterocycles. The van der Waals surface area contributed by atoms with Gasteiger partial charge in [-0.25, -0.2) is 0 Å². The first-order valence-corrected chi connectivity index (χ1v) is 9.46. The van der Waals surface area contributed by atoms with E-state index in [0.717, 1.165) is 57.7 Å². The van der Waals surface area contributed by atoms with Gasteiger partial charge in [0, 0.05) is 31.9 Å². The van der Waals surface area contributed by atoms with Crippen molar-refractivity contribution in [3.63, 3.8) is 0 Å². The largest absolute Gasteiger partial charge is 0.330 e. The van der Waals surface area contributed by atoms with Crippen molar-refractivity contribution in [3.8, 4) is 0 Å². The van der Waals surface area contributed by atoms with Crippen molar-refractivity contribution < 1.29 is 0 Å². The summed E-state index contributed by atoms with van der Waals surface area (Å²) in [6, 6.07) is 9.17. The Morgan fingerprint density at radius 3 is 2.81 bits per heavy atom. The van der Waals surface area contributed by atoms with Crippen LogP contribution in [-0.2, 0) is 13.0 Å². The van der Waals surface area contributed by atoms with Crippen LogP contribution in [0.15, 0.2) is 66.8 Å². The van der Waals surface area contributed by atoms with E-state index in [1.165, 1.54) is 11.1 Å². The Hall–Kier alpha value is -2.01. The van der Waals surface area contributed by atoms with E-state index in [2.05, 4.69) is 52.6 Å². The topological polar surface area (TPSA) is 53.6 Å². The van der Waals surface area contributed by atoms with Gasteiger partial charge in [0.05, 0.1) is 5.71 Å². The summed E-state index contributed by atoms with van der Waals surface area (Å²) in [5.41, 5.74) is 9.56. The first-order valence-electron chi connectivity index (χ1n) is 9.46. The molecule has 0 aliphatic carbocycles. The number of unbranched alkanes of at least 4 members (excludes halogenated alkanes) is 1. The molecule has 0 bridgehead atoms. The molecule has 1 aromatic rings. The molecule has 2 rings (SSSR count). The molecule has 0 fully saturated rings. The minimum atomic E-state index is 0.455. The van der Waals surface area contributed by atoms with Crippen molar-refractivity contribution >= 4 is 5.71 Å². The lowest BCUT2D eigenvalue weighted by Gasteiger charge is -2.31. The molecular formula is C22H32N4. The van der Waals surface area contributed by atoms with Crippen LogP contribution in [0.4, 0.5) is 0 Å². The van der Waals surface area contributed by atoms with Crippen LogP contribution >= 0.6 is 0 Å². The van der Waals surface area contributed by atoms with Crippen LogP contribution in [0.5, 0.6) is 0 Å². The van der Waals surface area contributed by atoms with Crippen LogP contribution in [0.2, 0.25) is 0 Å². The molecule has 1 atom stereocenters. The number of benzene rings is 1. The Kier molecular flexibility index (Phi) is 9.04. The summed E-state index contributed by atoms with van der Waals surface area (Å²) in [7, 11) is 0. The molecule has 26 heavy (non-hydrogen) atoms. The highest BCUT2D eigenvalue weighted by molar-refractivity contribution is 5.97. The third kappa shape index (κ3) is 6.71. The fraction of sp³-hybridized carbons (Fsp3) is 0.409. The molecule has 4 heteroatoms. The molecule has 0 saturated carbocycles. The molecule has 0 radical (unpaired) electrons. The normalized spacial score (nSPS) is 17.5. The number of nitrogens with zero attached hydrogens (tertiary/aromatic N) is 2.